The summed E-state index contributed by atoms with van der Waals surface area (Å²) in [6, 6.07) is 0. The minimum atomic E-state index is -0.0388. The van der Waals surface area contributed by atoms with E-state index in [0.29, 0.717) is 6.54 Å². The van der Waals surface area contributed by atoms with Crippen molar-refractivity contribution in [1.29, 1.82) is 0 Å². The van der Waals surface area contributed by atoms with Gasteiger partial charge in [-0.2, -0.15) is 0 Å². The van der Waals surface area contributed by atoms with Crippen molar-refractivity contribution < 1.29 is 4.79 Å². The first-order valence-electron chi connectivity index (χ1n) is 2.38. The van der Waals surface area contributed by atoms with Crippen molar-refractivity contribution in [2.24, 2.45) is 5.73 Å². The number of nitrogens with two attached hydrogens (primary N) is 1. The molecule has 0 aromatic carbocycles. The van der Waals surface area contributed by atoms with Gasteiger partial charge in [-0.3, -0.25) is 4.79 Å². The molecular weight excluding hydrogens is 104 g/mol. The first-order valence-corrected chi connectivity index (χ1v) is 2.38. The van der Waals surface area contributed by atoms with Crippen LogP contribution < -0.4 is 11.1 Å². The maximum absolute atomic E-state index is 10.1. The Hall–Kier alpha value is -0.990. The van der Waals surface area contributed by atoms with E-state index in [-0.39, 0.29) is 5.91 Å². The van der Waals surface area contributed by atoms with Gasteiger partial charge < -0.3 is 11.1 Å². The molecule has 46 valence electrons. The van der Waals surface area contributed by atoms with E-state index >= 15 is 0 Å². The summed E-state index contributed by atoms with van der Waals surface area (Å²) in [5.74, 6) is -0.0388. The molecule has 0 heterocycles. The van der Waals surface area contributed by atoms with Crippen LogP contribution in [0.4, 0.5) is 0 Å². The van der Waals surface area contributed by atoms with Gasteiger partial charge in [0, 0.05) is 13.5 Å². The van der Waals surface area contributed by atoms with Crippen LogP contribution in [0.5, 0.6) is 0 Å². The number of amides is 1. The fourth-order valence-corrected chi connectivity index (χ4v) is 0.271. The summed E-state index contributed by atoms with van der Waals surface area (Å²) in [6.45, 7) is 1.98. The van der Waals surface area contributed by atoms with Gasteiger partial charge in [0.15, 0.2) is 0 Å². The number of hydrogen-bond acceptors (Lipinski definition) is 2. The first-order chi connectivity index (χ1) is 3.77. The van der Waals surface area contributed by atoms with Crippen LogP contribution in [0.2, 0.25) is 0 Å². The summed E-state index contributed by atoms with van der Waals surface area (Å²) in [5.41, 5.74) is 4.98. The van der Waals surface area contributed by atoms with Crippen LogP contribution in [0.15, 0.2) is 12.3 Å². The van der Waals surface area contributed by atoms with Crippen molar-refractivity contribution >= 4 is 5.91 Å². The summed E-state index contributed by atoms with van der Waals surface area (Å²) in [4.78, 5) is 10.1. The molecule has 3 heteroatoms. The number of rotatable bonds is 2. The Balaban J connectivity index is 3.05. The summed E-state index contributed by atoms with van der Waals surface area (Å²) in [6.07, 6.45) is 3.07. The van der Waals surface area contributed by atoms with Gasteiger partial charge in [0.05, 0.1) is 0 Å². The molecule has 0 radical (unpaired) electrons. The van der Waals surface area contributed by atoms with Crippen molar-refractivity contribution in [3.05, 3.63) is 12.3 Å². The Morgan fingerprint density at radius 3 is 2.88 bits per heavy atom. The Kier molecular flexibility index (Phi) is 3.66. The van der Waals surface area contributed by atoms with E-state index in [1.807, 2.05) is 0 Å². The number of nitrogens with one attached hydrogen (secondary N) is 1. The Morgan fingerprint density at radius 2 is 2.50 bits per heavy atom. The second-order valence-corrected chi connectivity index (χ2v) is 1.37. The molecule has 0 aliphatic carbocycles. The zero-order valence-electron chi connectivity index (χ0n) is 4.85. The van der Waals surface area contributed by atoms with Crippen LogP contribution in [0.1, 0.15) is 6.92 Å². The highest BCUT2D eigenvalue weighted by molar-refractivity contribution is 5.72. The zero-order valence-corrected chi connectivity index (χ0v) is 4.85. The summed E-state index contributed by atoms with van der Waals surface area (Å²) in [5, 5.41) is 2.54. The molecule has 0 saturated heterocycles. The monoisotopic (exact) mass is 114 g/mol. The predicted octanol–water partition coefficient (Wildman–Crippen LogP) is -0.405. The van der Waals surface area contributed by atoms with E-state index in [2.05, 4.69) is 5.32 Å². The Labute approximate surface area is 48.6 Å². The molecule has 0 fully saturated rings. The summed E-state index contributed by atoms with van der Waals surface area (Å²) in [7, 11) is 0. The molecule has 0 aliphatic rings. The molecule has 0 bridgehead atoms. The second-order valence-electron chi connectivity index (χ2n) is 1.37. The van der Waals surface area contributed by atoms with E-state index in [9.17, 15) is 4.79 Å². The minimum absolute atomic E-state index is 0.0388. The summed E-state index contributed by atoms with van der Waals surface area (Å²) >= 11 is 0. The second kappa shape index (κ2) is 4.18. The van der Waals surface area contributed by atoms with Gasteiger partial charge in [-0.05, 0) is 12.3 Å². The predicted molar refractivity (Wildman–Crippen MR) is 32.0 cm³/mol. The lowest BCUT2D eigenvalue weighted by molar-refractivity contribution is -0.118. The smallest absolute Gasteiger partial charge is 0.217 e. The topological polar surface area (TPSA) is 55.1 Å². The average molecular weight is 114 g/mol. The maximum atomic E-state index is 10.1. The molecule has 0 aromatic heterocycles. The van der Waals surface area contributed by atoms with Crippen LogP contribution in [-0.4, -0.2) is 12.5 Å². The van der Waals surface area contributed by atoms with Crippen molar-refractivity contribution in [3.63, 3.8) is 0 Å². The van der Waals surface area contributed by atoms with E-state index in [1.165, 1.54) is 13.1 Å². The van der Waals surface area contributed by atoms with Crippen LogP contribution in [0.3, 0.4) is 0 Å². The normalized spacial score (nSPS) is 9.62. The molecular formula is C5H10N2O. The lowest BCUT2D eigenvalue weighted by atomic mass is 10.5. The van der Waals surface area contributed by atoms with Crippen molar-refractivity contribution in [3.8, 4) is 0 Å². The van der Waals surface area contributed by atoms with Gasteiger partial charge in [0.25, 0.3) is 0 Å². The van der Waals surface area contributed by atoms with Gasteiger partial charge in [-0.25, -0.2) is 0 Å². The zero-order chi connectivity index (χ0) is 6.41. The molecule has 0 saturated carbocycles. The fraction of sp³-hybridized carbons (Fsp3) is 0.400. The lowest BCUT2D eigenvalue weighted by Gasteiger charge is -1.91. The number of hydrogen-bond donors (Lipinski definition) is 2. The molecule has 0 unspecified atom stereocenters. The third-order valence-electron chi connectivity index (χ3n) is 0.605. The Bertz CT molecular complexity index is 98.6. The van der Waals surface area contributed by atoms with Gasteiger partial charge in [0.2, 0.25) is 5.91 Å². The molecule has 3 nitrogen and oxygen atoms in total. The van der Waals surface area contributed by atoms with E-state index in [1.54, 1.807) is 6.08 Å². The van der Waals surface area contributed by atoms with Crippen molar-refractivity contribution in [1.82, 2.24) is 5.32 Å². The van der Waals surface area contributed by atoms with E-state index in [0.717, 1.165) is 0 Å². The van der Waals surface area contributed by atoms with Crippen LogP contribution >= 0.6 is 0 Å². The van der Waals surface area contributed by atoms with Crippen LogP contribution in [0, 0.1) is 0 Å². The average Bonchev–Trinajstić information content (AvgIpc) is 1.66. The van der Waals surface area contributed by atoms with Gasteiger partial charge >= 0.3 is 0 Å². The quantitative estimate of drug-likeness (QED) is 0.513. The first kappa shape index (κ1) is 7.01. The van der Waals surface area contributed by atoms with Crippen LogP contribution in [0.25, 0.3) is 0 Å². The largest absolute Gasteiger partial charge is 0.405 e. The van der Waals surface area contributed by atoms with Gasteiger partial charge in [-0.15, -0.1) is 0 Å². The third-order valence-corrected chi connectivity index (χ3v) is 0.605. The number of carbonyl (C=O) groups is 1. The summed E-state index contributed by atoms with van der Waals surface area (Å²) < 4.78 is 0. The molecule has 0 aliphatic heterocycles. The molecule has 0 atom stereocenters. The number of carbonyl (C=O) groups excluding carboxylic acids is 1. The Morgan fingerprint density at radius 1 is 1.88 bits per heavy atom. The lowest BCUT2D eigenvalue weighted by Crippen LogP contribution is -2.19. The highest BCUT2D eigenvalue weighted by Gasteiger charge is 1.81. The highest BCUT2D eigenvalue weighted by atomic mass is 16.1. The van der Waals surface area contributed by atoms with Crippen molar-refractivity contribution in [2.75, 3.05) is 6.54 Å². The SMILES string of the molecule is CC(=O)NC/C=C/N. The van der Waals surface area contributed by atoms with E-state index < -0.39 is 0 Å². The molecule has 0 spiro atoms. The molecule has 0 rings (SSSR count). The fourth-order valence-electron chi connectivity index (χ4n) is 0.271. The minimum Gasteiger partial charge on any atom is -0.405 e. The van der Waals surface area contributed by atoms with Gasteiger partial charge in [-0.1, -0.05) is 0 Å². The highest BCUT2D eigenvalue weighted by Crippen LogP contribution is 1.62. The standard InChI is InChI=1S/C5H10N2O/c1-5(8)7-4-2-3-6/h2-3H,4,6H2,1H3,(H,7,8)/b3-2+. The maximum Gasteiger partial charge on any atom is 0.217 e. The molecule has 8 heavy (non-hydrogen) atoms. The van der Waals surface area contributed by atoms with Crippen molar-refractivity contribution in [2.45, 2.75) is 6.92 Å². The van der Waals surface area contributed by atoms with E-state index in [4.69, 9.17) is 5.73 Å². The van der Waals surface area contributed by atoms with Crippen LogP contribution in [-0.2, 0) is 4.79 Å². The molecule has 1 amide bonds. The molecule has 3 N–H and O–H groups in total. The third kappa shape index (κ3) is 5.01. The van der Waals surface area contributed by atoms with Gasteiger partial charge in [0.1, 0.15) is 0 Å². The molecule has 0 aromatic rings.